The van der Waals surface area contributed by atoms with Crippen molar-refractivity contribution in [1.29, 1.82) is 0 Å². The molecule has 0 bridgehead atoms. The van der Waals surface area contributed by atoms with Gasteiger partial charge in [0.25, 0.3) is 0 Å². The Morgan fingerprint density at radius 1 is 1.20 bits per heavy atom. The van der Waals surface area contributed by atoms with Gasteiger partial charge < -0.3 is 9.64 Å². The fraction of sp³-hybridized carbons (Fsp3) is 0.500. The highest BCUT2D eigenvalue weighted by molar-refractivity contribution is 5.87. The zero-order valence-electron chi connectivity index (χ0n) is 11.5. The molecule has 4 heteroatoms. The normalized spacial score (nSPS) is 25.4. The zero-order chi connectivity index (χ0) is 13.9. The molecule has 2 atom stereocenters. The maximum Gasteiger partial charge on any atom is 0.410 e. The second-order valence-corrected chi connectivity index (χ2v) is 5.64. The van der Waals surface area contributed by atoms with E-state index in [0.29, 0.717) is 37.8 Å². The van der Waals surface area contributed by atoms with Crippen molar-refractivity contribution < 1.29 is 14.3 Å². The molecular weight excluding hydrogens is 254 g/mol. The quantitative estimate of drug-likeness (QED) is 0.832. The maximum absolute atomic E-state index is 12.1. The molecular formula is C16H19NO3. The molecule has 20 heavy (non-hydrogen) atoms. The lowest BCUT2D eigenvalue weighted by Gasteiger charge is -2.32. The van der Waals surface area contributed by atoms with Crippen LogP contribution in [0.4, 0.5) is 4.79 Å². The predicted molar refractivity (Wildman–Crippen MR) is 74.0 cm³/mol. The van der Waals surface area contributed by atoms with Gasteiger partial charge in [0.05, 0.1) is 0 Å². The third-order valence-corrected chi connectivity index (χ3v) is 4.39. The summed E-state index contributed by atoms with van der Waals surface area (Å²) in [6.45, 7) is 1.66. The van der Waals surface area contributed by atoms with E-state index in [9.17, 15) is 9.59 Å². The van der Waals surface area contributed by atoms with Crippen molar-refractivity contribution in [2.45, 2.75) is 25.9 Å². The SMILES string of the molecule is O=C1CC2CCN(C(=O)OCc3ccccc3)CCC12. The largest absolute Gasteiger partial charge is 0.445 e. The molecule has 1 aromatic rings. The fourth-order valence-corrected chi connectivity index (χ4v) is 3.08. The molecule has 106 valence electrons. The van der Waals surface area contributed by atoms with E-state index in [4.69, 9.17) is 4.74 Å². The highest BCUT2D eigenvalue weighted by Crippen LogP contribution is 2.38. The minimum absolute atomic E-state index is 0.196. The number of carbonyl (C=O) groups excluding carboxylic acids is 2. The Morgan fingerprint density at radius 3 is 2.70 bits per heavy atom. The molecule has 1 saturated carbocycles. The molecule has 1 amide bonds. The molecule has 1 saturated heterocycles. The van der Waals surface area contributed by atoms with Crippen LogP contribution in [0.2, 0.25) is 0 Å². The van der Waals surface area contributed by atoms with Crippen LogP contribution in [0.3, 0.4) is 0 Å². The van der Waals surface area contributed by atoms with E-state index < -0.39 is 0 Å². The first-order valence-electron chi connectivity index (χ1n) is 7.22. The van der Waals surface area contributed by atoms with Gasteiger partial charge in [0.1, 0.15) is 12.4 Å². The first kappa shape index (κ1) is 13.2. The standard InChI is InChI=1S/C16H19NO3/c18-15-10-13-6-8-17(9-7-14(13)15)16(19)20-11-12-4-2-1-3-5-12/h1-5,13-14H,6-11H2. The predicted octanol–water partition coefficient (Wildman–Crippen LogP) is 2.62. The number of Topliss-reactive ketones (excluding diaryl/α,β-unsaturated/α-hetero) is 1. The average Bonchev–Trinajstić information content (AvgIpc) is 2.64. The molecule has 2 unspecified atom stereocenters. The van der Waals surface area contributed by atoms with Crippen LogP contribution in [0.5, 0.6) is 0 Å². The number of hydrogen-bond donors (Lipinski definition) is 0. The second-order valence-electron chi connectivity index (χ2n) is 5.64. The minimum Gasteiger partial charge on any atom is -0.445 e. The Bertz CT molecular complexity index is 500. The topological polar surface area (TPSA) is 46.6 Å². The summed E-state index contributed by atoms with van der Waals surface area (Å²) < 4.78 is 5.34. The summed E-state index contributed by atoms with van der Waals surface area (Å²) in [6, 6.07) is 9.67. The molecule has 0 N–H and O–H groups in total. The van der Waals surface area contributed by atoms with Crippen molar-refractivity contribution in [2.24, 2.45) is 11.8 Å². The van der Waals surface area contributed by atoms with Crippen LogP contribution in [0, 0.1) is 11.8 Å². The Hall–Kier alpha value is -1.84. The number of carbonyl (C=O) groups is 2. The van der Waals surface area contributed by atoms with Crippen molar-refractivity contribution in [3.63, 3.8) is 0 Å². The van der Waals surface area contributed by atoms with E-state index in [1.165, 1.54) is 0 Å². The van der Waals surface area contributed by atoms with Crippen LogP contribution in [0.25, 0.3) is 0 Å². The van der Waals surface area contributed by atoms with Crippen molar-refractivity contribution in [3.8, 4) is 0 Å². The Morgan fingerprint density at radius 2 is 1.95 bits per heavy atom. The molecule has 0 radical (unpaired) electrons. The Labute approximate surface area is 118 Å². The summed E-state index contributed by atoms with van der Waals surface area (Å²) in [4.78, 5) is 25.3. The van der Waals surface area contributed by atoms with E-state index in [1.807, 2.05) is 30.3 Å². The van der Waals surface area contributed by atoms with Crippen LogP contribution in [0.15, 0.2) is 30.3 Å². The monoisotopic (exact) mass is 273 g/mol. The number of ether oxygens (including phenoxy) is 1. The summed E-state index contributed by atoms with van der Waals surface area (Å²) in [6.07, 6.45) is 2.17. The zero-order valence-corrected chi connectivity index (χ0v) is 11.5. The molecule has 2 fully saturated rings. The molecule has 0 aromatic heterocycles. The molecule has 1 aliphatic carbocycles. The average molecular weight is 273 g/mol. The number of ketones is 1. The van der Waals surface area contributed by atoms with Crippen molar-refractivity contribution in [2.75, 3.05) is 13.1 Å². The van der Waals surface area contributed by atoms with Gasteiger partial charge in [-0.1, -0.05) is 30.3 Å². The molecule has 0 spiro atoms. The number of nitrogens with zero attached hydrogens (tertiary/aromatic N) is 1. The van der Waals surface area contributed by atoms with Gasteiger partial charge in [-0.05, 0) is 24.3 Å². The molecule has 3 rings (SSSR count). The van der Waals surface area contributed by atoms with Gasteiger partial charge in [0, 0.05) is 25.4 Å². The van der Waals surface area contributed by atoms with Crippen LogP contribution in [-0.4, -0.2) is 29.9 Å². The van der Waals surface area contributed by atoms with E-state index in [-0.39, 0.29) is 12.0 Å². The molecule has 2 aliphatic rings. The maximum atomic E-state index is 12.1. The first-order chi connectivity index (χ1) is 9.74. The molecule has 1 heterocycles. The summed E-state index contributed by atoms with van der Waals surface area (Å²) in [5.74, 6) is 1.06. The number of benzene rings is 1. The first-order valence-corrected chi connectivity index (χ1v) is 7.22. The van der Waals surface area contributed by atoms with Crippen molar-refractivity contribution in [3.05, 3.63) is 35.9 Å². The van der Waals surface area contributed by atoms with E-state index in [0.717, 1.165) is 18.4 Å². The van der Waals surface area contributed by atoms with Crippen LogP contribution in [0.1, 0.15) is 24.8 Å². The molecule has 4 nitrogen and oxygen atoms in total. The third kappa shape index (κ3) is 2.69. The summed E-state index contributed by atoms with van der Waals surface area (Å²) in [5, 5.41) is 0. The molecule has 1 aromatic carbocycles. The van der Waals surface area contributed by atoms with Crippen LogP contribution in [-0.2, 0) is 16.1 Å². The Balaban J connectivity index is 1.51. The lowest BCUT2D eigenvalue weighted by atomic mass is 9.70. The van der Waals surface area contributed by atoms with E-state index in [2.05, 4.69) is 0 Å². The number of hydrogen-bond acceptors (Lipinski definition) is 3. The van der Waals surface area contributed by atoms with Crippen molar-refractivity contribution >= 4 is 11.9 Å². The summed E-state index contributed by atoms with van der Waals surface area (Å²) >= 11 is 0. The number of likely N-dealkylation sites (tertiary alicyclic amines) is 1. The highest BCUT2D eigenvalue weighted by atomic mass is 16.6. The van der Waals surface area contributed by atoms with Gasteiger partial charge in [-0.25, -0.2) is 4.79 Å². The van der Waals surface area contributed by atoms with Gasteiger partial charge in [-0.2, -0.15) is 0 Å². The molecule has 1 aliphatic heterocycles. The number of rotatable bonds is 2. The summed E-state index contributed by atoms with van der Waals surface area (Å²) in [7, 11) is 0. The highest BCUT2D eigenvalue weighted by Gasteiger charge is 2.41. The van der Waals surface area contributed by atoms with Gasteiger partial charge in [-0.15, -0.1) is 0 Å². The third-order valence-electron chi connectivity index (χ3n) is 4.39. The van der Waals surface area contributed by atoms with E-state index >= 15 is 0 Å². The van der Waals surface area contributed by atoms with E-state index in [1.54, 1.807) is 4.90 Å². The smallest absolute Gasteiger partial charge is 0.410 e. The number of amides is 1. The lowest BCUT2D eigenvalue weighted by molar-refractivity contribution is -0.134. The van der Waals surface area contributed by atoms with Gasteiger partial charge >= 0.3 is 6.09 Å². The fourth-order valence-electron chi connectivity index (χ4n) is 3.08. The Kier molecular flexibility index (Phi) is 3.72. The lowest BCUT2D eigenvalue weighted by Crippen LogP contribution is -2.36. The van der Waals surface area contributed by atoms with Crippen LogP contribution >= 0.6 is 0 Å². The summed E-state index contributed by atoms with van der Waals surface area (Å²) in [5.41, 5.74) is 0.992. The van der Waals surface area contributed by atoms with Crippen molar-refractivity contribution in [1.82, 2.24) is 4.90 Å². The minimum atomic E-state index is -0.261. The van der Waals surface area contributed by atoms with Gasteiger partial charge in [0.2, 0.25) is 0 Å². The van der Waals surface area contributed by atoms with Crippen LogP contribution < -0.4 is 0 Å². The van der Waals surface area contributed by atoms with Gasteiger partial charge in [-0.3, -0.25) is 4.79 Å². The van der Waals surface area contributed by atoms with Gasteiger partial charge in [0.15, 0.2) is 0 Å². The number of fused-ring (bicyclic) bond motifs is 1. The second kappa shape index (κ2) is 5.65.